The third-order valence-corrected chi connectivity index (χ3v) is 5.23. The van der Waals surface area contributed by atoms with Gasteiger partial charge in [-0.15, -0.1) is 0 Å². The van der Waals surface area contributed by atoms with Gasteiger partial charge >= 0.3 is 0 Å². The number of hydrogen-bond donors (Lipinski definition) is 2. The zero-order valence-electron chi connectivity index (χ0n) is 17.6. The molecule has 7 nitrogen and oxygen atoms in total. The number of para-hydroxylation sites is 2. The van der Waals surface area contributed by atoms with E-state index in [9.17, 15) is 0 Å². The number of nitrogens with one attached hydrogen (secondary N) is 2. The molecule has 1 aliphatic rings. The van der Waals surface area contributed by atoms with Crippen molar-refractivity contribution in [2.45, 2.75) is 26.3 Å². The van der Waals surface area contributed by atoms with Crippen molar-refractivity contribution in [1.82, 2.24) is 20.2 Å². The highest BCUT2D eigenvalue weighted by atomic mass is 16.6. The molecule has 2 heterocycles. The molecule has 2 N–H and O–H groups in total. The van der Waals surface area contributed by atoms with Gasteiger partial charge < -0.3 is 24.7 Å². The number of aryl methyl sites for hydroxylation is 2. The predicted octanol–water partition coefficient (Wildman–Crippen LogP) is 2.91. The maximum Gasteiger partial charge on any atom is 0.190 e. The van der Waals surface area contributed by atoms with Crippen LogP contribution in [0.25, 0.3) is 11.0 Å². The van der Waals surface area contributed by atoms with Gasteiger partial charge in [0.1, 0.15) is 19.0 Å². The van der Waals surface area contributed by atoms with E-state index < -0.39 is 0 Å². The smallest absolute Gasteiger partial charge is 0.190 e. The summed E-state index contributed by atoms with van der Waals surface area (Å²) in [5.74, 6) is 3.54. The van der Waals surface area contributed by atoms with Gasteiger partial charge in [0.25, 0.3) is 0 Å². The Morgan fingerprint density at radius 2 is 1.87 bits per heavy atom. The molecule has 0 atom stereocenters. The highest BCUT2D eigenvalue weighted by Crippen LogP contribution is 2.30. The van der Waals surface area contributed by atoms with Gasteiger partial charge in [-0.05, 0) is 49.6 Å². The SMILES string of the molecule is CN=C(NCCCn1c(C)nc2ccccc21)NCCc1ccc2c(c1)OCCO2. The first-order valence-electron chi connectivity index (χ1n) is 10.5. The molecule has 7 heteroatoms. The molecule has 0 aliphatic carbocycles. The molecule has 0 spiro atoms. The Morgan fingerprint density at radius 3 is 2.73 bits per heavy atom. The Kier molecular flexibility index (Phi) is 6.37. The molecule has 0 saturated heterocycles. The summed E-state index contributed by atoms with van der Waals surface area (Å²) < 4.78 is 13.5. The van der Waals surface area contributed by atoms with Crippen LogP contribution in [0.5, 0.6) is 11.5 Å². The first-order chi connectivity index (χ1) is 14.7. The number of rotatable bonds is 7. The van der Waals surface area contributed by atoms with Crippen LogP contribution in [-0.2, 0) is 13.0 Å². The minimum absolute atomic E-state index is 0.611. The Balaban J connectivity index is 1.21. The molecule has 0 radical (unpaired) electrons. The molecule has 0 saturated carbocycles. The van der Waals surface area contributed by atoms with Crippen molar-refractivity contribution in [3.63, 3.8) is 0 Å². The molecule has 2 aromatic carbocycles. The molecule has 1 aliphatic heterocycles. The van der Waals surface area contributed by atoms with Gasteiger partial charge in [-0.2, -0.15) is 0 Å². The van der Waals surface area contributed by atoms with Crippen molar-refractivity contribution in [2.24, 2.45) is 4.99 Å². The molecule has 4 rings (SSSR count). The number of imidazole rings is 1. The van der Waals surface area contributed by atoms with Gasteiger partial charge in [0.15, 0.2) is 17.5 Å². The molecule has 0 amide bonds. The first-order valence-corrected chi connectivity index (χ1v) is 10.5. The van der Waals surface area contributed by atoms with Crippen molar-refractivity contribution >= 4 is 17.0 Å². The summed E-state index contributed by atoms with van der Waals surface area (Å²) in [5, 5.41) is 6.78. The third kappa shape index (κ3) is 4.67. The fraction of sp³-hybridized carbons (Fsp3) is 0.391. The average molecular weight is 408 g/mol. The number of aliphatic imine (C=N–C) groups is 1. The second kappa shape index (κ2) is 9.52. The largest absolute Gasteiger partial charge is 0.486 e. The number of nitrogens with zero attached hydrogens (tertiary/aromatic N) is 3. The Morgan fingerprint density at radius 1 is 1.07 bits per heavy atom. The van der Waals surface area contributed by atoms with Crippen LogP contribution in [-0.4, -0.2) is 48.9 Å². The Bertz CT molecular complexity index is 1030. The lowest BCUT2D eigenvalue weighted by Gasteiger charge is -2.19. The molecule has 0 fully saturated rings. The van der Waals surface area contributed by atoms with E-state index in [0.29, 0.717) is 13.2 Å². The fourth-order valence-electron chi connectivity index (χ4n) is 3.71. The third-order valence-electron chi connectivity index (χ3n) is 5.23. The maximum atomic E-state index is 5.66. The van der Waals surface area contributed by atoms with E-state index in [1.807, 2.05) is 12.1 Å². The Hall–Kier alpha value is -3.22. The van der Waals surface area contributed by atoms with Crippen LogP contribution in [0.2, 0.25) is 0 Å². The van der Waals surface area contributed by atoms with E-state index in [1.54, 1.807) is 7.05 Å². The second-order valence-corrected chi connectivity index (χ2v) is 7.31. The van der Waals surface area contributed by atoms with Gasteiger partial charge in [0.2, 0.25) is 0 Å². The van der Waals surface area contributed by atoms with Crippen molar-refractivity contribution in [3.8, 4) is 11.5 Å². The predicted molar refractivity (Wildman–Crippen MR) is 120 cm³/mol. The lowest BCUT2D eigenvalue weighted by atomic mass is 10.1. The summed E-state index contributed by atoms with van der Waals surface area (Å²) >= 11 is 0. The molecule has 1 aromatic heterocycles. The lowest BCUT2D eigenvalue weighted by molar-refractivity contribution is 0.171. The van der Waals surface area contributed by atoms with Gasteiger partial charge in [0, 0.05) is 26.7 Å². The van der Waals surface area contributed by atoms with Crippen molar-refractivity contribution in [2.75, 3.05) is 33.4 Å². The van der Waals surface area contributed by atoms with Gasteiger partial charge in [-0.1, -0.05) is 18.2 Å². The number of benzene rings is 2. The topological polar surface area (TPSA) is 72.7 Å². The van der Waals surface area contributed by atoms with Gasteiger partial charge in [-0.25, -0.2) is 4.98 Å². The van der Waals surface area contributed by atoms with Gasteiger partial charge in [-0.3, -0.25) is 4.99 Å². The molecule has 3 aromatic rings. The average Bonchev–Trinajstić information content (AvgIpc) is 3.10. The summed E-state index contributed by atoms with van der Waals surface area (Å²) in [4.78, 5) is 8.95. The quantitative estimate of drug-likeness (QED) is 0.358. The van der Waals surface area contributed by atoms with E-state index in [-0.39, 0.29) is 0 Å². The van der Waals surface area contributed by atoms with Crippen LogP contribution in [0.15, 0.2) is 47.5 Å². The van der Waals surface area contributed by atoms with Crippen LogP contribution in [0.1, 0.15) is 17.8 Å². The monoisotopic (exact) mass is 407 g/mol. The standard InChI is InChI=1S/C23H29N5O2/c1-17-27-19-6-3-4-7-20(19)28(17)13-5-11-25-23(24-2)26-12-10-18-8-9-21-22(16-18)30-15-14-29-21/h3-4,6-9,16H,5,10-15H2,1-2H3,(H2,24,25,26). The summed E-state index contributed by atoms with van der Waals surface area (Å²) in [5.41, 5.74) is 3.46. The van der Waals surface area contributed by atoms with E-state index >= 15 is 0 Å². The van der Waals surface area contributed by atoms with Crippen molar-refractivity contribution in [3.05, 3.63) is 53.9 Å². The number of ether oxygens (including phenoxy) is 2. The van der Waals surface area contributed by atoms with Crippen LogP contribution in [0.4, 0.5) is 0 Å². The maximum absolute atomic E-state index is 5.66. The number of hydrogen-bond acceptors (Lipinski definition) is 4. The summed E-state index contributed by atoms with van der Waals surface area (Å²) in [6.45, 7) is 5.85. The number of guanidine groups is 1. The van der Waals surface area contributed by atoms with Crippen molar-refractivity contribution in [1.29, 1.82) is 0 Å². The summed E-state index contributed by atoms with van der Waals surface area (Å²) in [7, 11) is 1.80. The highest BCUT2D eigenvalue weighted by Gasteiger charge is 2.11. The number of fused-ring (bicyclic) bond motifs is 2. The molecular weight excluding hydrogens is 378 g/mol. The lowest BCUT2D eigenvalue weighted by Crippen LogP contribution is -2.39. The summed E-state index contributed by atoms with van der Waals surface area (Å²) in [6, 6.07) is 14.4. The zero-order valence-corrected chi connectivity index (χ0v) is 17.6. The number of aromatic nitrogens is 2. The zero-order chi connectivity index (χ0) is 20.8. The normalized spacial score (nSPS) is 13.5. The minimum Gasteiger partial charge on any atom is -0.486 e. The molecule has 0 bridgehead atoms. The first kappa shape index (κ1) is 20.1. The second-order valence-electron chi connectivity index (χ2n) is 7.31. The van der Waals surface area contributed by atoms with Crippen molar-refractivity contribution < 1.29 is 9.47 Å². The summed E-state index contributed by atoms with van der Waals surface area (Å²) in [6.07, 6.45) is 1.88. The molecule has 30 heavy (non-hydrogen) atoms. The molecule has 0 unspecified atom stereocenters. The van der Waals surface area contributed by atoms with Crippen LogP contribution in [0, 0.1) is 6.92 Å². The minimum atomic E-state index is 0.611. The van der Waals surface area contributed by atoms with E-state index in [4.69, 9.17) is 9.47 Å². The Labute approximate surface area is 177 Å². The van der Waals surface area contributed by atoms with Crippen LogP contribution >= 0.6 is 0 Å². The van der Waals surface area contributed by atoms with Crippen LogP contribution in [0.3, 0.4) is 0 Å². The fourth-order valence-corrected chi connectivity index (χ4v) is 3.71. The molecular formula is C23H29N5O2. The van der Waals surface area contributed by atoms with Crippen LogP contribution < -0.4 is 20.1 Å². The highest BCUT2D eigenvalue weighted by molar-refractivity contribution is 5.79. The van der Waals surface area contributed by atoms with E-state index in [2.05, 4.69) is 62.4 Å². The van der Waals surface area contributed by atoms with E-state index in [0.717, 1.165) is 61.3 Å². The van der Waals surface area contributed by atoms with Gasteiger partial charge in [0.05, 0.1) is 11.0 Å². The molecule has 158 valence electrons. The van der Waals surface area contributed by atoms with E-state index in [1.165, 1.54) is 11.1 Å².